The lowest BCUT2D eigenvalue weighted by Crippen LogP contribution is -2.34. The zero-order valence-electron chi connectivity index (χ0n) is 11.7. The van der Waals surface area contributed by atoms with Gasteiger partial charge in [0.1, 0.15) is 5.92 Å². The first-order valence-electron chi connectivity index (χ1n) is 6.56. The lowest BCUT2D eigenvalue weighted by molar-refractivity contribution is -0.146. The molecule has 1 aromatic heterocycles. The molecule has 0 bridgehead atoms. The summed E-state index contributed by atoms with van der Waals surface area (Å²) < 4.78 is 5.08. The highest BCUT2D eigenvalue weighted by molar-refractivity contribution is 6.30. The van der Waals surface area contributed by atoms with Crippen molar-refractivity contribution in [2.75, 3.05) is 6.54 Å². The van der Waals surface area contributed by atoms with E-state index in [9.17, 15) is 9.59 Å². The molecule has 1 amide bonds. The standard InChI is InChI=1S/C14H14ClN3O4/c1-8(14(20)21)13(19)16-6-5-11-17-12(18-22-11)9-3-2-4-10(15)7-9/h2-4,7-8H,5-6H2,1H3,(H,16,19)(H,20,21). The molecule has 8 heteroatoms. The normalized spacial score (nSPS) is 11.9. The van der Waals surface area contributed by atoms with Crippen molar-refractivity contribution < 1.29 is 19.2 Å². The van der Waals surface area contributed by atoms with Crippen LogP contribution in [-0.4, -0.2) is 33.7 Å². The molecule has 2 aromatic rings. The van der Waals surface area contributed by atoms with Gasteiger partial charge in [0.15, 0.2) is 0 Å². The summed E-state index contributed by atoms with van der Waals surface area (Å²) in [5, 5.41) is 15.6. The van der Waals surface area contributed by atoms with Crippen molar-refractivity contribution in [2.24, 2.45) is 5.92 Å². The van der Waals surface area contributed by atoms with Crippen LogP contribution in [0.2, 0.25) is 5.02 Å². The molecule has 1 heterocycles. The van der Waals surface area contributed by atoms with Crippen molar-refractivity contribution in [3.63, 3.8) is 0 Å². The third-order valence-corrected chi connectivity index (χ3v) is 3.19. The van der Waals surface area contributed by atoms with Gasteiger partial charge >= 0.3 is 5.97 Å². The number of carboxylic acid groups (broad SMARTS) is 1. The van der Waals surface area contributed by atoms with E-state index in [-0.39, 0.29) is 6.54 Å². The third-order valence-electron chi connectivity index (χ3n) is 2.95. The van der Waals surface area contributed by atoms with Crippen molar-refractivity contribution in [1.82, 2.24) is 15.5 Å². The van der Waals surface area contributed by atoms with Crippen LogP contribution in [0.1, 0.15) is 12.8 Å². The molecule has 0 saturated carbocycles. The molecule has 0 saturated heterocycles. The number of carbonyl (C=O) groups is 2. The van der Waals surface area contributed by atoms with E-state index in [2.05, 4.69) is 15.5 Å². The molecular formula is C14H14ClN3O4. The summed E-state index contributed by atoms with van der Waals surface area (Å²) in [6.07, 6.45) is 0.311. The molecule has 1 aromatic carbocycles. The highest BCUT2D eigenvalue weighted by Crippen LogP contribution is 2.19. The number of hydrogen-bond acceptors (Lipinski definition) is 5. The van der Waals surface area contributed by atoms with Crippen LogP contribution in [0.25, 0.3) is 11.4 Å². The average molecular weight is 324 g/mol. The summed E-state index contributed by atoms with van der Waals surface area (Å²) in [5.74, 6) is -2.06. The number of rotatable bonds is 6. The van der Waals surface area contributed by atoms with E-state index < -0.39 is 17.8 Å². The van der Waals surface area contributed by atoms with Crippen LogP contribution in [0.5, 0.6) is 0 Å². The Bertz CT molecular complexity index is 686. The molecule has 1 atom stereocenters. The van der Waals surface area contributed by atoms with Crippen LogP contribution < -0.4 is 5.32 Å². The zero-order valence-corrected chi connectivity index (χ0v) is 12.5. The maximum Gasteiger partial charge on any atom is 0.315 e. The molecule has 0 radical (unpaired) electrons. The molecule has 2 N–H and O–H groups in total. The summed E-state index contributed by atoms with van der Waals surface area (Å²) >= 11 is 5.89. The van der Waals surface area contributed by atoms with E-state index in [1.165, 1.54) is 6.92 Å². The quantitative estimate of drug-likeness (QED) is 0.785. The number of carbonyl (C=O) groups excluding carboxylic acids is 1. The molecule has 0 spiro atoms. The van der Waals surface area contributed by atoms with Gasteiger partial charge in [0.05, 0.1) is 0 Å². The minimum absolute atomic E-state index is 0.216. The Balaban J connectivity index is 1.90. The van der Waals surface area contributed by atoms with E-state index in [4.69, 9.17) is 21.2 Å². The fourth-order valence-electron chi connectivity index (χ4n) is 1.66. The van der Waals surface area contributed by atoms with Crippen LogP contribution in [0.4, 0.5) is 0 Å². The number of benzene rings is 1. The van der Waals surface area contributed by atoms with Gasteiger partial charge in [-0.05, 0) is 19.1 Å². The van der Waals surface area contributed by atoms with Crippen molar-refractivity contribution >= 4 is 23.5 Å². The SMILES string of the molecule is CC(C(=O)O)C(=O)NCCc1nc(-c2cccc(Cl)c2)no1. The lowest BCUT2D eigenvalue weighted by Gasteiger charge is -2.06. The number of nitrogens with one attached hydrogen (secondary N) is 1. The van der Waals surface area contributed by atoms with Crippen LogP contribution >= 0.6 is 11.6 Å². The van der Waals surface area contributed by atoms with Gasteiger partial charge in [-0.25, -0.2) is 0 Å². The topological polar surface area (TPSA) is 105 Å². The molecule has 0 fully saturated rings. The van der Waals surface area contributed by atoms with Gasteiger partial charge in [-0.3, -0.25) is 9.59 Å². The summed E-state index contributed by atoms with van der Waals surface area (Å²) in [6, 6.07) is 7.04. The van der Waals surface area contributed by atoms with Crippen LogP contribution in [-0.2, 0) is 16.0 Å². The maximum absolute atomic E-state index is 11.5. The smallest absolute Gasteiger partial charge is 0.315 e. The Morgan fingerprint density at radius 1 is 1.45 bits per heavy atom. The second kappa shape index (κ2) is 7.04. The molecule has 0 aliphatic carbocycles. The van der Waals surface area contributed by atoms with E-state index in [0.717, 1.165) is 5.56 Å². The molecule has 0 aliphatic rings. The zero-order chi connectivity index (χ0) is 16.1. The molecular weight excluding hydrogens is 310 g/mol. The number of hydrogen-bond donors (Lipinski definition) is 2. The summed E-state index contributed by atoms with van der Waals surface area (Å²) in [5.41, 5.74) is 0.728. The second-order valence-corrected chi connectivity index (χ2v) is 5.06. The molecule has 0 aliphatic heterocycles. The van der Waals surface area contributed by atoms with Crippen molar-refractivity contribution in [3.8, 4) is 11.4 Å². The van der Waals surface area contributed by atoms with Crippen LogP contribution in [0, 0.1) is 5.92 Å². The molecule has 116 valence electrons. The predicted octanol–water partition coefficient (Wildman–Crippen LogP) is 1.77. The molecule has 7 nitrogen and oxygen atoms in total. The largest absolute Gasteiger partial charge is 0.481 e. The fraction of sp³-hybridized carbons (Fsp3) is 0.286. The van der Waals surface area contributed by atoms with Crippen LogP contribution in [0.3, 0.4) is 0 Å². The van der Waals surface area contributed by atoms with Gasteiger partial charge in [-0.2, -0.15) is 4.98 Å². The minimum atomic E-state index is -1.17. The van der Waals surface area contributed by atoms with E-state index in [1.54, 1.807) is 24.3 Å². The number of aromatic nitrogens is 2. The monoisotopic (exact) mass is 323 g/mol. The maximum atomic E-state index is 11.5. The van der Waals surface area contributed by atoms with Gasteiger partial charge in [0, 0.05) is 23.6 Å². The lowest BCUT2D eigenvalue weighted by atomic mass is 10.2. The number of nitrogens with zero attached hydrogens (tertiary/aromatic N) is 2. The number of aliphatic carboxylic acids is 1. The summed E-state index contributed by atoms with van der Waals surface area (Å²) in [6.45, 7) is 1.54. The van der Waals surface area contributed by atoms with Gasteiger partial charge < -0.3 is 14.9 Å². The first-order chi connectivity index (χ1) is 10.5. The van der Waals surface area contributed by atoms with Crippen LogP contribution in [0.15, 0.2) is 28.8 Å². The summed E-state index contributed by atoms with van der Waals surface area (Å²) in [4.78, 5) is 26.3. The Kier molecular flexibility index (Phi) is 5.11. The Morgan fingerprint density at radius 3 is 2.91 bits per heavy atom. The second-order valence-electron chi connectivity index (χ2n) is 4.62. The molecule has 1 unspecified atom stereocenters. The first-order valence-corrected chi connectivity index (χ1v) is 6.94. The predicted molar refractivity (Wildman–Crippen MR) is 78.3 cm³/mol. The average Bonchev–Trinajstić information content (AvgIpc) is 2.95. The Labute approximate surface area is 131 Å². The Morgan fingerprint density at radius 2 is 2.23 bits per heavy atom. The molecule has 2 rings (SSSR count). The number of carboxylic acids is 1. The van der Waals surface area contributed by atoms with Gasteiger partial charge in [-0.1, -0.05) is 28.9 Å². The molecule has 22 heavy (non-hydrogen) atoms. The first kappa shape index (κ1) is 16.0. The van der Waals surface area contributed by atoms with Crippen molar-refractivity contribution in [2.45, 2.75) is 13.3 Å². The van der Waals surface area contributed by atoms with Crippen molar-refractivity contribution in [1.29, 1.82) is 0 Å². The summed E-state index contributed by atoms with van der Waals surface area (Å²) in [7, 11) is 0. The number of amides is 1. The van der Waals surface area contributed by atoms with E-state index in [0.29, 0.717) is 23.2 Å². The minimum Gasteiger partial charge on any atom is -0.481 e. The highest BCUT2D eigenvalue weighted by Gasteiger charge is 2.20. The highest BCUT2D eigenvalue weighted by atomic mass is 35.5. The van der Waals surface area contributed by atoms with Gasteiger partial charge in [0.2, 0.25) is 17.6 Å². The van der Waals surface area contributed by atoms with Crippen molar-refractivity contribution in [3.05, 3.63) is 35.2 Å². The third kappa shape index (κ3) is 4.05. The van der Waals surface area contributed by atoms with E-state index >= 15 is 0 Å². The number of halogens is 1. The van der Waals surface area contributed by atoms with Gasteiger partial charge in [-0.15, -0.1) is 0 Å². The Hall–Kier alpha value is -2.41. The van der Waals surface area contributed by atoms with E-state index in [1.807, 2.05) is 0 Å². The fourth-order valence-corrected chi connectivity index (χ4v) is 1.85. The van der Waals surface area contributed by atoms with Gasteiger partial charge in [0.25, 0.3) is 0 Å².